The van der Waals surface area contributed by atoms with Gasteiger partial charge in [0.15, 0.2) is 0 Å². The van der Waals surface area contributed by atoms with Gasteiger partial charge in [-0.05, 0) is 36.6 Å². The van der Waals surface area contributed by atoms with Crippen LogP contribution in [0.4, 0.5) is 0 Å². The summed E-state index contributed by atoms with van der Waals surface area (Å²) in [5.41, 5.74) is 0. The highest BCUT2D eigenvalue weighted by molar-refractivity contribution is 6.30. The maximum Gasteiger partial charge on any atom is 0.119 e. The number of halogens is 1. The molecule has 0 aliphatic heterocycles. The maximum atomic E-state index is 9.72. The zero-order chi connectivity index (χ0) is 12.0. The number of aliphatic hydroxyl groups excluding tert-OH is 1. The average Bonchev–Trinajstić information content (AvgIpc) is 2.28. The second-order valence-electron chi connectivity index (χ2n) is 4.17. The first-order chi connectivity index (χ1) is 7.61. The van der Waals surface area contributed by atoms with E-state index in [0.717, 1.165) is 18.6 Å². The minimum atomic E-state index is -0.398. The van der Waals surface area contributed by atoms with E-state index in [0.29, 0.717) is 17.5 Å². The van der Waals surface area contributed by atoms with E-state index >= 15 is 0 Å². The molecule has 2 nitrogen and oxygen atoms in total. The second-order valence-corrected chi connectivity index (χ2v) is 4.60. The van der Waals surface area contributed by atoms with Gasteiger partial charge in [0.2, 0.25) is 0 Å². The number of rotatable bonds is 6. The Labute approximate surface area is 102 Å². The van der Waals surface area contributed by atoms with Crippen LogP contribution in [0.25, 0.3) is 0 Å². The van der Waals surface area contributed by atoms with Crippen LogP contribution < -0.4 is 4.74 Å². The molecule has 0 aliphatic carbocycles. The molecule has 0 saturated heterocycles. The summed E-state index contributed by atoms with van der Waals surface area (Å²) >= 11 is 5.76. The Kier molecular flexibility index (Phi) is 5.64. The summed E-state index contributed by atoms with van der Waals surface area (Å²) in [4.78, 5) is 0. The van der Waals surface area contributed by atoms with Gasteiger partial charge in [-0.25, -0.2) is 0 Å². The van der Waals surface area contributed by atoms with Gasteiger partial charge in [-0.3, -0.25) is 0 Å². The van der Waals surface area contributed by atoms with Crippen molar-refractivity contribution in [1.82, 2.24) is 0 Å². The smallest absolute Gasteiger partial charge is 0.119 e. The molecule has 1 N–H and O–H groups in total. The Bertz CT molecular complexity index is 297. The monoisotopic (exact) mass is 242 g/mol. The van der Waals surface area contributed by atoms with Crippen LogP contribution in [0.2, 0.25) is 5.02 Å². The van der Waals surface area contributed by atoms with E-state index in [1.54, 1.807) is 24.3 Å². The molecule has 0 heterocycles. The molecule has 3 heteroatoms. The zero-order valence-electron chi connectivity index (χ0n) is 9.82. The van der Waals surface area contributed by atoms with Crippen LogP contribution in [0.3, 0.4) is 0 Å². The molecule has 2 unspecified atom stereocenters. The van der Waals surface area contributed by atoms with Crippen molar-refractivity contribution < 1.29 is 9.84 Å². The first-order valence-electron chi connectivity index (χ1n) is 5.68. The van der Waals surface area contributed by atoms with E-state index in [2.05, 4.69) is 13.8 Å². The maximum absolute atomic E-state index is 9.72. The summed E-state index contributed by atoms with van der Waals surface area (Å²) in [5, 5.41) is 10.4. The van der Waals surface area contributed by atoms with E-state index in [9.17, 15) is 5.11 Å². The van der Waals surface area contributed by atoms with Crippen molar-refractivity contribution in [2.24, 2.45) is 5.92 Å². The predicted molar refractivity (Wildman–Crippen MR) is 67.0 cm³/mol. The second kappa shape index (κ2) is 6.77. The average molecular weight is 243 g/mol. The summed E-state index contributed by atoms with van der Waals surface area (Å²) in [5.74, 6) is 1.27. The van der Waals surface area contributed by atoms with Crippen molar-refractivity contribution in [1.29, 1.82) is 0 Å². The Hall–Kier alpha value is -0.730. The lowest BCUT2D eigenvalue weighted by atomic mass is 10.0. The van der Waals surface area contributed by atoms with Crippen molar-refractivity contribution >= 4 is 11.6 Å². The summed E-state index contributed by atoms with van der Waals surface area (Å²) in [6.07, 6.45) is 1.47. The molecule has 0 saturated carbocycles. The lowest BCUT2D eigenvalue weighted by Crippen LogP contribution is -2.20. The first-order valence-corrected chi connectivity index (χ1v) is 6.06. The molecule has 90 valence electrons. The molecular weight excluding hydrogens is 224 g/mol. The van der Waals surface area contributed by atoms with E-state index < -0.39 is 6.10 Å². The van der Waals surface area contributed by atoms with Gasteiger partial charge < -0.3 is 9.84 Å². The highest BCUT2D eigenvalue weighted by Crippen LogP contribution is 2.16. The van der Waals surface area contributed by atoms with Crippen LogP contribution in [0.5, 0.6) is 5.75 Å². The Balaban J connectivity index is 2.31. The third-order valence-electron chi connectivity index (χ3n) is 2.63. The lowest BCUT2D eigenvalue weighted by Gasteiger charge is -2.15. The molecule has 1 aromatic rings. The summed E-state index contributed by atoms with van der Waals surface area (Å²) < 4.78 is 5.46. The van der Waals surface area contributed by atoms with Gasteiger partial charge in [0.05, 0.1) is 6.10 Å². The summed E-state index contributed by atoms with van der Waals surface area (Å²) in [6.45, 7) is 4.59. The molecule has 0 aromatic heterocycles. The Morgan fingerprint density at radius 1 is 1.31 bits per heavy atom. The molecule has 0 aliphatic rings. The molecule has 0 bridgehead atoms. The predicted octanol–water partition coefficient (Wildman–Crippen LogP) is 3.52. The van der Waals surface area contributed by atoms with Gasteiger partial charge in [0, 0.05) is 5.02 Å². The lowest BCUT2D eigenvalue weighted by molar-refractivity contribution is 0.0865. The van der Waals surface area contributed by atoms with Crippen molar-refractivity contribution in [3.8, 4) is 5.75 Å². The molecule has 0 amide bonds. The summed E-state index contributed by atoms with van der Waals surface area (Å²) in [7, 11) is 0. The quantitative estimate of drug-likeness (QED) is 0.827. The Morgan fingerprint density at radius 2 is 1.94 bits per heavy atom. The van der Waals surface area contributed by atoms with Crippen molar-refractivity contribution in [3.63, 3.8) is 0 Å². The topological polar surface area (TPSA) is 29.5 Å². The van der Waals surface area contributed by atoms with Gasteiger partial charge in [0.25, 0.3) is 0 Å². The molecule has 0 spiro atoms. The van der Waals surface area contributed by atoms with Crippen molar-refractivity contribution in [2.75, 3.05) is 6.61 Å². The largest absolute Gasteiger partial charge is 0.491 e. The van der Waals surface area contributed by atoms with Crippen LogP contribution in [0, 0.1) is 5.92 Å². The molecular formula is C13H19ClO2. The molecule has 0 radical (unpaired) electrons. The first kappa shape index (κ1) is 13.3. The molecule has 2 atom stereocenters. The third-order valence-corrected chi connectivity index (χ3v) is 2.88. The third kappa shape index (κ3) is 4.86. The van der Waals surface area contributed by atoms with Crippen LogP contribution in [0.15, 0.2) is 24.3 Å². The number of aliphatic hydroxyl groups is 1. The van der Waals surface area contributed by atoms with Crippen LogP contribution >= 0.6 is 11.6 Å². The van der Waals surface area contributed by atoms with E-state index in [4.69, 9.17) is 16.3 Å². The summed E-state index contributed by atoms with van der Waals surface area (Å²) in [6, 6.07) is 7.16. The van der Waals surface area contributed by atoms with Gasteiger partial charge in [-0.15, -0.1) is 0 Å². The van der Waals surface area contributed by atoms with Gasteiger partial charge in [-0.1, -0.05) is 31.9 Å². The number of benzene rings is 1. The number of ether oxygens (including phenoxy) is 1. The van der Waals surface area contributed by atoms with E-state index in [1.807, 2.05) is 0 Å². The highest BCUT2D eigenvalue weighted by atomic mass is 35.5. The standard InChI is InChI=1S/C13H19ClO2/c1-3-10(2)8-12(15)9-16-13-6-4-11(14)5-7-13/h4-7,10,12,15H,3,8-9H2,1-2H3. The zero-order valence-corrected chi connectivity index (χ0v) is 10.6. The number of hydrogen-bond acceptors (Lipinski definition) is 2. The molecule has 1 aromatic carbocycles. The van der Waals surface area contributed by atoms with E-state index in [-0.39, 0.29) is 0 Å². The fourth-order valence-electron chi connectivity index (χ4n) is 1.42. The van der Waals surface area contributed by atoms with Gasteiger partial charge in [-0.2, -0.15) is 0 Å². The molecule has 16 heavy (non-hydrogen) atoms. The normalized spacial score (nSPS) is 14.5. The van der Waals surface area contributed by atoms with Crippen molar-refractivity contribution in [3.05, 3.63) is 29.3 Å². The van der Waals surface area contributed by atoms with Crippen LogP contribution in [-0.4, -0.2) is 17.8 Å². The van der Waals surface area contributed by atoms with Crippen molar-refractivity contribution in [2.45, 2.75) is 32.8 Å². The molecule has 0 fully saturated rings. The Morgan fingerprint density at radius 3 is 2.50 bits per heavy atom. The van der Waals surface area contributed by atoms with Gasteiger partial charge in [0.1, 0.15) is 12.4 Å². The fraction of sp³-hybridized carbons (Fsp3) is 0.538. The minimum absolute atomic E-state index is 0.339. The number of hydrogen-bond donors (Lipinski definition) is 1. The van der Waals surface area contributed by atoms with Gasteiger partial charge >= 0.3 is 0 Å². The fourth-order valence-corrected chi connectivity index (χ4v) is 1.55. The minimum Gasteiger partial charge on any atom is -0.491 e. The molecule has 1 rings (SSSR count). The van der Waals surface area contributed by atoms with Crippen LogP contribution in [0.1, 0.15) is 26.7 Å². The highest BCUT2D eigenvalue weighted by Gasteiger charge is 2.09. The SMILES string of the molecule is CCC(C)CC(O)COc1ccc(Cl)cc1. The van der Waals surface area contributed by atoms with E-state index in [1.165, 1.54) is 0 Å². The van der Waals surface area contributed by atoms with Crippen LogP contribution in [-0.2, 0) is 0 Å².